The highest BCUT2D eigenvalue weighted by molar-refractivity contribution is 14.0. The van der Waals surface area contributed by atoms with Crippen molar-refractivity contribution in [1.29, 1.82) is 0 Å². The summed E-state index contributed by atoms with van der Waals surface area (Å²) in [7, 11) is 0.572. The van der Waals surface area contributed by atoms with Crippen molar-refractivity contribution in [2.24, 2.45) is 10.9 Å². The largest absolute Gasteiger partial charge is 0.496 e. The van der Waals surface area contributed by atoms with Crippen LogP contribution in [0.2, 0.25) is 0 Å². The van der Waals surface area contributed by atoms with Gasteiger partial charge in [0.25, 0.3) is 0 Å². The van der Waals surface area contributed by atoms with E-state index in [0.717, 1.165) is 30.7 Å². The molecule has 8 heteroatoms. The monoisotopic (exact) mass is 481 g/mol. The third kappa shape index (κ3) is 7.01. The first-order chi connectivity index (χ1) is 11.4. The Balaban J connectivity index is 0.00000312. The quantitative estimate of drug-likeness (QED) is 0.368. The second-order valence-corrected chi connectivity index (χ2v) is 8.43. The molecule has 2 rings (SSSR count). The molecule has 142 valence electrons. The van der Waals surface area contributed by atoms with E-state index in [1.165, 1.54) is 5.56 Å². The van der Waals surface area contributed by atoms with Crippen molar-refractivity contribution in [3.63, 3.8) is 0 Å². The molecule has 1 aromatic carbocycles. The Hall–Kier alpha value is -1.03. The maximum absolute atomic E-state index is 11.5. The van der Waals surface area contributed by atoms with Crippen LogP contribution in [0, 0.1) is 12.8 Å². The molecule has 25 heavy (non-hydrogen) atoms. The molecule has 1 heterocycles. The zero-order chi connectivity index (χ0) is 17.6. The highest BCUT2D eigenvalue weighted by Crippen LogP contribution is 2.19. The molecule has 0 radical (unpaired) electrons. The molecular formula is C17H28IN3O3S. The number of halogens is 1. The minimum absolute atomic E-state index is 0. The van der Waals surface area contributed by atoms with Crippen LogP contribution in [0.1, 0.15) is 17.5 Å². The number of aryl methyl sites for hydroxylation is 1. The van der Waals surface area contributed by atoms with Crippen molar-refractivity contribution < 1.29 is 13.2 Å². The summed E-state index contributed by atoms with van der Waals surface area (Å²) in [5, 5.41) is 6.48. The third-order valence-electron chi connectivity index (χ3n) is 4.29. The van der Waals surface area contributed by atoms with Crippen molar-refractivity contribution in [3.05, 3.63) is 29.3 Å². The molecule has 1 unspecified atom stereocenters. The van der Waals surface area contributed by atoms with Gasteiger partial charge in [0, 0.05) is 20.1 Å². The number of rotatable bonds is 6. The zero-order valence-corrected chi connectivity index (χ0v) is 18.2. The van der Waals surface area contributed by atoms with Gasteiger partial charge < -0.3 is 15.4 Å². The minimum atomic E-state index is -2.83. The summed E-state index contributed by atoms with van der Waals surface area (Å²) in [5.41, 5.74) is 2.32. The predicted molar refractivity (Wildman–Crippen MR) is 113 cm³/mol. The Kier molecular flexibility index (Phi) is 8.98. The summed E-state index contributed by atoms with van der Waals surface area (Å²) in [6.45, 7) is 3.40. The van der Waals surface area contributed by atoms with Crippen LogP contribution in [0.25, 0.3) is 0 Å². The number of nitrogens with one attached hydrogen (secondary N) is 2. The molecule has 1 aliphatic heterocycles. The molecule has 1 saturated heterocycles. The highest BCUT2D eigenvalue weighted by Gasteiger charge is 2.27. The normalized spacial score (nSPS) is 19.2. The summed E-state index contributed by atoms with van der Waals surface area (Å²) in [6, 6.07) is 6.21. The van der Waals surface area contributed by atoms with E-state index in [2.05, 4.69) is 33.8 Å². The fourth-order valence-corrected chi connectivity index (χ4v) is 4.70. The molecule has 1 aliphatic rings. The van der Waals surface area contributed by atoms with E-state index in [-0.39, 0.29) is 35.6 Å². The second-order valence-electron chi connectivity index (χ2n) is 6.20. The van der Waals surface area contributed by atoms with Crippen molar-refractivity contribution in [2.75, 3.05) is 38.8 Å². The number of hydrogen-bond acceptors (Lipinski definition) is 4. The number of benzene rings is 1. The smallest absolute Gasteiger partial charge is 0.190 e. The Morgan fingerprint density at radius 1 is 1.36 bits per heavy atom. The number of ether oxygens (including phenoxy) is 1. The topological polar surface area (TPSA) is 79.8 Å². The average Bonchev–Trinajstić information content (AvgIpc) is 2.91. The molecule has 2 N–H and O–H groups in total. The van der Waals surface area contributed by atoms with Crippen LogP contribution < -0.4 is 15.4 Å². The summed E-state index contributed by atoms with van der Waals surface area (Å²) in [6.07, 6.45) is 1.59. The fraction of sp³-hybridized carbons (Fsp3) is 0.588. The molecule has 0 aliphatic carbocycles. The Labute approximate surface area is 167 Å². The van der Waals surface area contributed by atoms with Crippen LogP contribution >= 0.6 is 24.0 Å². The molecule has 1 atom stereocenters. The highest BCUT2D eigenvalue weighted by atomic mass is 127. The molecular weight excluding hydrogens is 453 g/mol. The number of nitrogens with zero attached hydrogens (tertiary/aromatic N) is 1. The van der Waals surface area contributed by atoms with Crippen LogP contribution in [0.4, 0.5) is 0 Å². The van der Waals surface area contributed by atoms with Crippen LogP contribution in [-0.4, -0.2) is 53.1 Å². The van der Waals surface area contributed by atoms with E-state index < -0.39 is 9.84 Å². The lowest BCUT2D eigenvalue weighted by molar-refractivity contribution is 0.411. The number of hydrogen-bond donors (Lipinski definition) is 2. The summed E-state index contributed by atoms with van der Waals surface area (Å²) in [5.74, 6) is 2.37. The minimum Gasteiger partial charge on any atom is -0.496 e. The maximum Gasteiger partial charge on any atom is 0.190 e. The van der Waals surface area contributed by atoms with Gasteiger partial charge in [-0.1, -0.05) is 12.1 Å². The van der Waals surface area contributed by atoms with Gasteiger partial charge in [0.15, 0.2) is 15.8 Å². The predicted octanol–water partition coefficient (Wildman–Crippen LogP) is 1.76. The summed E-state index contributed by atoms with van der Waals surface area (Å²) >= 11 is 0. The fourth-order valence-electron chi connectivity index (χ4n) is 2.84. The van der Waals surface area contributed by atoms with Crippen LogP contribution in [-0.2, 0) is 16.3 Å². The average molecular weight is 481 g/mol. The van der Waals surface area contributed by atoms with Gasteiger partial charge in [-0.3, -0.25) is 4.99 Å². The standard InChI is InChI=1S/C17H27N3O3S.HI/c1-13-4-5-14(10-16(13)23-3)6-8-19-17(18-2)20-11-15-7-9-24(21,22)12-15;/h4-5,10,15H,6-9,11-12H2,1-3H3,(H2,18,19,20);1H. The Morgan fingerprint density at radius 3 is 2.72 bits per heavy atom. The van der Waals surface area contributed by atoms with E-state index >= 15 is 0 Å². The van der Waals surface area contributed by atoms with E-state index in [1.807, 2.05) is 6.92 Å². The lowest BCUT2D eigenvalue weighted by Gasteiger charge is -2.15. The van der Waals surface area contributed by atoms with Gasteiger partial charge in [0.05, 0.1) is 18.6 Å². The van der Waals surface area contributed by atoms with Crippen LogP contribution in [0.15, 0.2) is 23.2 Å². The van der Waals surface area contributed by atoms with Crippen LogP contribution in [0.5, 0.6) is 5.75 Å². The Morgan fingerprint density at radius 2 is 2.12 bits per heavy atom. The van der Waals surface area contributed by atoms with Gasteiger partial charge in [-0.25, -0.2) is 8.42 Å². The second kappa shape index (κ2) is 10.2. The molecule has 0 saturated carbocycles. The van der Waals surface area contributed by atoms with Gasteiger partial charge in [0.2, 0.25) is 0 Å². The molecule has 1 fully saturated rings. The van der Waals surface area contributed by atoms with E-state index in [0.29, 0.717) is 18.3 Å². The first-order valence-corrected chi connectivity index (χ1v) is 10.0. The lowest BCUT2D eigenvalue weighted by atomic mass is 10.1. The zero-order valence-electron chi connectivity index (χ0n) is 15.0. The number of aliphatic imine (C=N–C) groups is 1. The first-order valence-electron chi connectivity index (χ1n) is 8.22. The summed E-state index contributed by atoms with van der Waals surface area (Å²) < 4.78 is 28.3. The first kappa shape index (κ1) is 22.0. The molecule has 6 nitrogen and oxygen atoms in total. The van der Waals surface area contributed by atoms with Gasteiger partial charge in [-0.2, -0.15) is 0 Å². The lowest BCUT2D eigenvalue weighted by Crippen LogP contribution is -2.40. The van der Waals surface area contributed by atoms with Crippen molar-refractivity contribution in [1.82, 2.24) is 10.6 Å². The van der Waals surface area contributed by atoms with Gasteiger partial charge in [-0.15, -0.1) is 24.0 Å². The van der Waals surface area contributed by atoms with Gasteiger partial charge in [0.1, 0.15) is 5.75 Å². The number of methoxy groups -OCH3 is 1. The molecule has 0 bridgehead atoms. The molecule has 0 aromatic heterocycles. The van der Waals surface area contributed by atoms with E-state index in [1.54, 1.807) is 14.2 Å². The number of guanidine groups is 1. The Bertz CT molecular complexity index is 692. The van der Waals surface area contributed by atoms with E-state index in [9.17, 15) is 8.42 Å². The molecule has 0 spiro atoms. The van der Waals surface area contributed by atoms with Gasteiger partial charge in [-0.05, 0) is 42.9 Å². The van der Waals surface area contributed by atoms with Crippen LogP contribution in [0.3, 0.4) is 0 Å². The van der Waals surface area contributed by atoms with Crippen molar-refractivity contribution in [2.45, 2.75) is 19.8 Å². The maximum atomic E-state index is 11.5. The molecule has 0 amide bonds. The third-order valence-corrected chi connectivity index (χ3v) is 6.12. The number of sulfone groups is 1. The summed E-state index contributed by atoms with van der Waals surface area (Å²) in [4.78, 5) is 4.18. The van der Waals surface area contributed by atoms with Crippen molar-refractivity contribution >= 4 is 39.8 Å². The van der Waals surface area contributed by atoms with E-state index in [4.69, 9.17) is 4.74 Å². The molecule has 1 aromatic rings. The SMILES string of the molecule is CN=C(NCCc1ccc(C)c(OC)c1)NCC1CCS(=O)(=O)C1.I. The van der Waals surface area contributed by atoms with Crippen molar-refractivity contribution in [3.8, 4) is 5.75 Å². The van der Waals surface area contributed by atoms with Gasteiger partial charge >= 0.3 is 0 Å².